The highest BCUT2D eigenvalue weighted by molar-refractivity contribution is 5.96. The predicted octanol–water partition coefficient (Wildman–Crippen LogP) is 4.08. The van der Waals surface area contributed by atoms with Crippen molar-refractivity contribution in [3.8, 4) is 11.4 Å². The third-order valence-corrected chi connectivity index (χ3v) is 5.72. The van der Waals surface area contributed by atoms with Crippen molar-refractivity contribution in [2.45, 2.75) is 19.3 Å². The third-order valence-electron chi connectivity index (χ3n) is 5.72. The van der Waals surface area contributed by atoms with Gasteiger partial charge in [-0.15, -0.1) is 0 Å². The topological polar surface area (TPSA) is 89.4 Å². The standard InChI is InChI=1S/C24H20FN3O4/c25-19-9-3-2-8-17(19)22-26-21(32-27-22)12-15-6-5-11-28(14-15)23(29)18-13-16-7-1-4-10-20(16)31-24(18)30/h1-4,7-10,13,15H,5-6,11-12,14H2. The minimum absolute atomic E-state index is 0.0315. The molecular formula is C24H20FN3O4. The van der Waals surface area contributed by atoms with E-state index in [1.807, 2.05) is 6.07 Å². The molecule has 32 heavy (non-hydrogen) atoms. The Bertz CT molecular complexity index is 1350. The van der Waals surface area contributed by atoms with Crippen molar-refractivity contribution >= 4 is 16.9 Å². The highest BCUT2D eigenvalue weighted by Crippen LogP contribution is 2.24. The van der Waals surface area contributed by atoms with Gasteiger partial charge in [0.1, 0.15) is 17.0 Å². The van der Waals surface area contributed by atoms with Gasteiger partial charge in [-0.1, -0.05) is 35.5 Å². The molecule has 7 nitrogen and oxygen atoms in total. The van der Waals surface area contributed by atoms with Crippen LogP contribution in [0.3, 0.4) is 0 Å². The van der Waals surface area contributed by atoms with Gasteiger partial charge in [-0.25, -0.2) is 9.18 Å². The number of benzene rings is 2. The first-order chi connectivity index (χ1) is 15.6. The fourth-order valence-corrected chi connectivity index (χ4v) is 4.13. The molecule has 1 aliphatic heterocycles. The van der Waals surface area contributed by atoms with Gasteiger partial charge in [-0.2, -0.15) is 4.98 Å². The Labute approximate surface area is 182 Å². The maximum absolute atomic E-state index is 14.0. The number of carbonyl (C=O) groups is 1. The van der Waals surface area contributed by atoms with E-state index < -0.39 is 11.4 Å². The van der Waals surface area contributed by atoms with Gasteiger partial charge in [0.25, 0.3) is 5.91 Å². The van der Waals surface area contributed by atoms with Gasteiger partial charge in [0.15, 0.2) is 0 Å². The first kappa shape index (κ1) is 20.1. The van der Waals surface area contributed by atoms with Gasteiger partial charge in [-0.05, 0) is 43.0 Å². The molecule has 2 aromatic carbocycles. The molecule has 1 fully saturated rings. The molecule has 0 N–H and O–H groups in total. The number of hydrogen-bond acceptors (Lipinski definition) is 6. The van der Waals surface area contributed by atoms with Crippen molar-refractivity contribution < 1.29 is 18.1 Å². The monoisotopic (exact) mass is 433 g/mol. The summed E-state index contributed by atoms with van der Waals surface area (Å²) >= 11 is 0. The molecule has 0 radical (unpaired) electrons. The number of nitrogens with zero attached hydrogens (tertiary/aromatic N) is 3. The normalized spacial score (nSPS) is 16.4. The molecule has 4 aromatic rings. The largest absolute Gasteiger partial charge is 0.422 e. The minimum atomic E-state index is -0.637. The summed E-state index contributed by atoms with van der Waals surface area (Å²) in [4.78, 5) is 31.4. The quantitative estimate of drug-likeness (QED) is 0.451. The number of hydrogen-bond donors (Lipinski definition) is 0. The fraction of sp³-hybridized carbons (Fsp3) is 0.250. The molecule has 0 aliphatic carbocycles. The van der Waals surface area contributed by atoms with Crippen LogP contribution in [0.1, 0.15) is 29.1 Å². The number of likely N-dealkylation sites (tertiary alicyclic amines) is 1. The Morgan fingerprint density at radius 1 is 1.16 bits per heavy atom. The fourth-order valence-electron chi connectivity index (χ4n) is 4.13. The Morgan fingerprint density at radius 3 is 2.84 bits per heavy atom. The molecule has 0 spiro atoms. The molecule has 1 amide bonds. The molecule has 2 aromatic heterocycles. The van der Waals surface area contributed by atoms with Gasteiger partial charge in [-0.3, -0.25) is 4.79 Å². The Kier molecular flexibility index (Phi) is 5.26. The summed E-state index contributed by atoms with van der Waals surface area (Å²) in [5.41, 5.74) is 0.129. The van der Waals surface area contributed by atoms with Crippen molar-refractivity contribution in [2.75, 3.05) is 13.1 Å². The van der Waals surface area contributed by atoms with E-state index in [1.165, 1.54) is 6.07 Å². The van der Waals surface area contributed by atoms with Gasteiger partial charge in [0.2, 0.25) is 11.7 Å². The van der Waals surface area contributed by atoms with Gasteiger partial charge >= 0.3 is 5.63 Å². The number of piperidine rings is 1. The van der Waals surface area contributed by atoms with E-state index in [0.717, 1.165) is 12.8 Å². The first-order valence-corrected chi connectivity index (χ1v) is 10.5. The first-order valence-electron chi connectivity index (χ1n) is 10.5. The number of para-hydroxylation sites is 1. The van der Waals surface area contributed by atoms with Crippen molar-refractivity contribution in [3.05, 3.63) is 82.3 Å². The lowest BCUT2D eigenvalue weighted by atomic mass is 9.94. The minimum Gasteiger partial charge on any atom is -0.422 e. The summed E-state index contributed by atoms with van der Waals surface area (Å²) < 4.78 is 24.6. The van der Waals surface area contributed by atoms with E-state index in [1.54, 1.807) is 47.4 Å². The zero-order chi connectivity index (χ0) is 22.1. The predicted molar refractivity (Wildman–Crippen MR) is 115 cm³/mol. The Hall–Kier alpha value is -3.81. The molecule has 162 valence electrons. The van der Waals surface area contributed by atoms with E-state index in [2.05, 4.69) is 10.1 Å². The third kappa shape index (κ3) is 3.91. The Morgan fingerprint density at radius 2 is 1.97 bits per heavy atom. The molecule has 8 heteroatoms. The number of halogens is 1. The second-order valence-electron chi connectivity index (χ2n) is 7.94. The average Bonchev–Trinajstić information content (AvgIpc) is 3.27. The number of aromatic nitrogens is 2. The van der Waals surface area contributed by atoms with Crippen LogP contribution in [0.5, 0.6) is 0 Å². The van der Waals surface area contributed by atoms with Crippen molar-refractivity contribution in [2.24, 2.45) is 5.92 Å². The molecule has 0 bridgehead atoms. The van der Waals surface area contributed by atoms with E-state index >= 15 is 0 Å². The summed E-state index contributed by atoms with van der Waals surface area (Å²) in [6.07, 6.45) is 2.15. The number of fused-ring (bicyclic) bond motifs is 1. The average molecular weight is 433 g/mol. The van der Waals surface area contributed by atoms with Crippen molar-refractivity contribution in [1.29, 1.82) is 0 Å². The zero-order valence-corrected chi connectivity index (χ0v) is 17.2. The van der Waals surface area contributed by atoms with Crippen molar-refractivity contribution in [3.63, 3.8) is 0 Å². The molecule has 1 aliphatic rings. The van der Waals surface area contributed by atoms with Crippen LogP contribution in [0.25, 0.3) is 22.4 Å². The maximum Gasteiger partial charge on any atom is 0.349 e. The summed E-state index contributed by atoms with van der Waals surface area (Å²) in [7, 11) is 0. The number of amides is 1. The molecule has 1 atom stereocenters. The Balaban J connectivity index is 1.31. The molecule has 3 heterocycles. The molecule has 5 rings (SSSR count). The van der Waals surface area contributed by atoms with Crippen LogP contribution in [0.4, 0.5) is 4.39 Å². The van der Waals surface area contributed by atoms with E-state index in [-0.39, 0.29) is 28.8 Å². The summed E-state index contributed by atoms with van der Waals surface area (Å²) in [5.74, 6) is -0.0622. The van der Waals surface area contributed by atoms with Crippen LogP contribution in [0.2, 0.25) is 0 Å². The molecular weight excluding hydrogens is 413 g/mol. The van der Waals surface area contributed by atoms with Gasteiger partial charge in [0, 0.05) is 24.9 Å². The number of rotatable bonds is 4. The molecule has 0 saturated carbocycles. The maximum atomic E-state index is 14.0. The zero-order valence-electron chi connectivity index (χ0n) is 17.2. The smallest absolute Gasteiger partial charge is 0.349 e. The lowest BCUT2D eigenvalue weighted by molar-refractivity contribution is 0.0664. The highest BCUT2D eigenvalue weighted by atomic mass is 19.1. The van der Waals surface area contributed by atoms with Crippen LogP contribution < -0.4 is 5.63 Å². The SMILES string of the molecule is O=C(c1cc2ccccc2oc1=O)N1CCCC(Cc2nc(-c3ccccc3F)no2)C1. The lowest BCUT2D eigenvalue weighted by Gasteiger charge is -2.32. The summed E-state index contributed by atoms with van der Waals surface area (Å²) in [5, 5.41) is 4.60. The van der Waals surface area contributed by atoms with Crippen molar-refractivity contribution in [1.82, 2.24) is 15.0 Å². The van der Waals surface area contributed by atoms with E-state index in [4.69, 9.17) is 8.94 Å². The summed E-state index contributed by atoms with van der Waals surface area (Å²) in [6.45, 7) is 1.02. The van der Waals surface area contributed by atoms with Crippen LogP contribution >= 0.6 is 0 Å². The van der Waals surface area contributed by atoms with Crippen LogP contribution in [0.15, 0.2) is 68.3 Å². The highest BCUT2D eigenvalue weighted by Gasteiger charge is 2.28. The van der Waals surface area contributed by atoms with Crippen LogP contribution in [-0.2, 0) is 6.42 Å². The number of carbonyl (C=O) groups excluding carboxylic acids is 1. The second kappa shape index (κ2) is 8.37. The molecule has 1 unspecified atom stereocenters. The van der Waals surface area contributed by atoms with Gasteiger partial charge in [0.05, 0.1) is 5.56 Å². The van der Waals surface area contributed by atoms with Gasteiger partial charge < -0.3 is 13.8 Å². The lowest BCUT2D eigenvalue weighted by Crippen LogP contribution is -2.42. The van der Waals surface area contributed by atoms with E-state index in [0.29, 0.717) is 36.4 Å². The molecule has 1 saturated heterocycles. The van der Waals surface area contributed by atoms with E-state index in [9.17, 15) is 14.0 Å². The second-order valence-corrected chi connectivity index (χ2v) is 7.94. The van der Waals surface area contributed by atoms with Crippen LogP contribution in [0, 0.1) is 11.7 Å². The van der Waals surface area contributed by atoms with Crippen LogP contribution in [-0.4, -0.2) is 34.0 Å². The summed E-state index contributed by atoms with van der Waals surface area (Å²) in [6, 6.07) is 14.9.